The van der Waals surface area contributed by atoms with Crippen LogP contribution in [0.1, 0.15) is 55.8 Å². The molecule has 0 amide bonds. The molecule has 5 heteroatoms. The van der Waals surface area contributed by atoms with Crippen molar-refractivity contribution in [3.63, 3.8) is 0 Å². The van der Waals surface area contributed by atoms with Crippen LogP contribution in [-0.4, -0.2) is 26.1 Å². The van der Waals surface area contributed by atoms with Crippen molar-refractivity contribution in [2.45, 2.75) is 45.4 Å². The fraction of sp³-hybridized carbons (Fsp3) is 0.588. The summed E-state index contributed by atoms with van der Waals surface area (Å²) in [5.41, 5.74) is 0.322. The zero-order chi connectivity index (χ0) is 16.4. The van der Waals surface area contributed by atoms with Crippen LogP contribution in [0.25, 0.3) is 0 Å². The van der Waals surface area contributed by atoms with E-state index in [9.17, 15) is 4.79 Å². The van der Waals surface area contributed by atoms with Crippen molar-refractivity contribution in [2.75, 3.05) is 20.8 Å². The maximum Gasteiger partial charge on any atom is 0.252 e. The van der Waals surface area contributed by atoms with E-state index in [4.69, 9.17) is 25.8 Å². The quantitative estimate of drug-likeness (QED) is 0.431. The minimum absolute atomic E-state index is 0.322. The number of hydrogen-bond donors (Lipinski definition) is 0. The van der Waals surface area contributed by atoms with Gasteiger partial charge in [0.15, 0.2) is 11.5 Å². The van der Waals surface area contributed by atoms with Crippen LogP contribution in [0.15, 0.2) is 12.1 Å². The maximum atomic E-state index is 11.3. The molecule has 0 unspecified atom stereocenters. The number of halogens is 1. The van der Waals surface area contributed by atoms with E-state index in [-0.39, 0.29) is 0 Å². The molecule has 22 heavy (non-hydrogen) atoms. The zero-order valence-corrected chi connectivity index (χ0v) is 14.4. The molecule has 0 atom stereocenters. The van der Waals surface area contributed by atoms with Crippen LogP contribution in [0.3, 0.4) is 0 Å². The fourth-order valence-electron chi connectivity index (χ4n) is 2.19. The molecule has 0 aromatic heterocycles. The first kappa shape index (κ1) is 18.6. The molecule has 0 saturated carbocycles. The second-order valence-electron chi connectivity index (χ2n) is 5.10. The van der Waals surface area contributed by atoms with E-state index in [1.54, 1.807) is 12.1 Å². The molecular formula is C17H25ClO4. The summed E-state index contributed by atoms with van der Waals surface area (Å²) in [5, 5.41) is -0.556. The molecule has 0 aliphatic heterocycles. The Morgan fingerprint density at radius 3 is 2.05 bits per heavy atom. The highest BCUT2D eigenvalue weighted by atomic mass is 35.5. The molecule has 4 nitrogen and oxygen atoms in total. The Balaban J connectivity index is 2.63. The van der Waals surface area contributed by atoms with Gasteiger partial charge in [-0.2, -0.15) is 0 Å². The minimum Gasteiger partial charge on any atom is -0.493 e. The second kappa shape index (κ2) is 10.3. The van der Waals surface area contributed by atoms with Crippen LogP contribution in [0.4, 0.5) is 0 Å². The van der Waals surface area contributed by atoms with Crippen molar-refractivity contribution in [1.82, 2.24) is 0 Å². The molecule has 0 aliphatic rings. The van der Waals surface area contributed by atoms with Crippen LogP contribution in [0.2, 0.25) is 0 Å². The van der Waals surface area contributed by atoms with Gasteiger partial charge in [-0.05, 0) is 30.2 Å². The fourth-order valence-corrected chi connectivity index (χ4v) is 2.30. The molecule has 124 valence electrons. The Bertz CT molecular complexity index is 449. The molecule has 0 radical (unpaired) electrons. The normalized spacial score (nSPS) is 10.4. The van der Waals surface area contributed by atoms with Gasteiger partial charge in [-0.1, -0.05) is 39.0 Å². The van der Waals surface area contributed by atoms with E-state index in [1.807, 2.05) is 0 Å². The summed E-state index contributed by atoms with van der Waals surface area (Å²) in [6.45, 7) is 2.80. The third-order valence-corrected chi connectivity index (χ3v) is 3.65. The lowest BCUT2D eigenvalue weighted by Gasteiger charge is -2.15. The Morgan fingerprint density at radius 1 is 1.00 bits per heavy atom. The molecule has 0 N–H and O–H groups in total. The highest BCUT2D eigenvalue weighted by Gasteiger charge is 2.16. The molecule has 1 aromatic carbocycles. The van der Waals surface area contributed by atoms with Crippen molar-refractivity contribution >= 4 is 16.8 Å². The van der Waals surface area contributed by atoms with Crippen LogP contribution in [-0.2, 0) is 0 Å². The van der Waals surface area contributed by atoms with Crippen molar-refractivity contribution in [1.29, 1.82) is 0 Å². The number of hydrogen-bond acceptors (Lipinski definition) is 4. The highest BCUT2D eigenvalue weighted by molar-refractivity contribution is 6.67. The molecule has 0 bridgehead atoms. The van der Waals surface area contributed by atoms with Gasteiger partial charge >= 0.3 is 0 Å². The van der Waals surface area contributed by atoms with E-state index in [0.717, 1.165) is 12.8 Å². The van der Waals surface area contributed by atoms with Crippen molar-refractivity contribution < 1.29 is 19.0 Å². The van der Waals surface area contributed by atoms with Gasteiger partial charge in [0.2, 0.25) is 5.75 Å². The van der Waals surface area contributed by atoms with E-state index in [0.29, 0.717) is 29.4 Å². The van der Waals surface area contributed by atoms with Gasteiger partial charge in [-0.3, -0.25) is 4.79 Å². The predicted octanol–water partition coefficient (Wildman–Crippen LogP) is 4.82. The van der Waals surface area contributed by atoms with Crippen LogP contribution < -0.4 is 14.2 Å². The first-order chi connectivity index (χ1) is 10.6. The number of unbranched alkanes of at least 4 members (excludes halogenated alkanes) is 5. The van der Waals surface area contributed by atoms with Crippen LogP contribution >= 0.6 is 11.6 Å². The molecule has 0 saturated heterocycles. The monoisotopic (exact) mass is 328 g/mol. The van der Waals surface area contributed by atoms with Gasteiger partial charge in [0.25, 0.3) is 5.24 Å². The average molecular weight is 329 g/mol. The van der Waals surface area contributed by atoms with Gasteiger partial charge in [0.1, 0.15) is 0 Å². The molecule has 0 aliphatic carbocycles. The number of methoxy groups -OCH3 is 2. The Hall–Kier alpha value is -1.42. The number of rotatable bonds is 11. The van der Waals surface area contributed by atoms with E-state index in [2.05, 4.69) is 6.92 Å². The summed E-state index contributed by atoms with van der Waals surface area (Å²) in [6, 6.07) is 3.13. The minimum atomic E-state index is -0.556. The third kappa shape index (κ3) is 5.76. The summed E-state index contributed by atoms with van der Waals surface area (Å²) in [6.07, 6.45) is 7.16. The van der Waals surface area contributed by atoms with Crippen LogP contribution in [0.5, 0.6) is 17.2 Å². The molecule has 0 spiro atoms. The van der Waals surface area contributed by atoms with Crippen LogP contribution in [0, 0.1) is 0 Å². The summed E-state index contributed by atoms with van der Waals surface area (Å²) in [7, 11) is 3.05. The maximum absolute atomic E-state index is 11.3. The lowest BCUT2D eigenvalue weighted by molar-refractivity contribution is 0.108. The first-order valence-electron chi connectivity index (χ1n) is 7.72. The summed E-state index contributed by atoms with van der Waals surface area (Å²) in [5.74, 6) is 1.42. The van der Waals surface area contributed by atoms with Crippen molar-refractivity contribution in [3.05, 3.63) is 17.7 Å². The Kier molecular flexibility index (Phi) is 8.75. The van der Waals surface area contributed by atoms with Gasteiger partial charge in [-0.15, -0.1) is 0 Å². The molecule has 0 fully saturated rings. The molecule has 1 aromatic rings. The Morgan fingerprint density at radius 2 is 1.55 bits per heavy atom. The predicted molar refractivity (Wildman–Crippen MR) is 88.6 cm³/mol. The number of benzene rings is 1. The first-order valence-corrected chi connectivity index (χ1v) is 8.10. The topological polar surface area (TPSA) is 44.8 Å². The van der Waals surface area contributed by atoms with Gasteiger partial charge in [0, 0.05) is 5.56 Å². The number of carbonyl (C=O) groups excluding carboxylic acids is 1. The number of ether oxygens (including phenoxy) is 3. The van der Waals surface area contributed by atoms with E-state index in [1.165, 1.54) is 39.9 Å². The summed E-state index contributed by atoms with van der Waals surface area (Å²) in [4.78, 5) is 11.3. The van der Waals surface area contributed by atoms with Gasteiger partial charge < -0.3 is 14.2 Å². The molecular weight excluding hydrogens is 304 g/mol. The lowest BCUT2D eigenvalue weighted by atomic mass is 10.1. The summed E-state index contributed by atoms with van der Waals surface area (Å²) >= 11 is 5.51. The zero-order valence-electron chi connectivity index (χ0n) is 13.6. The highest BCUT2D eigenvalue weighted by Crippen LogP contribution is 2.39. The van der Waals surface area contributed by atoms with E-state index < -0.39 is 5.24 Å². The van der Waals surface area contributed by atoms with Crippen molar-refractivity contribution in [2.24, 2.45) is 0 Å². The summed E-state index contributed by atoms with van der Waals surface area (Å²) < 4.78 is 16.3. The number of carbonyl (C=O) groups is 1. The van der Waals surface area contributed by atoms with Gasteiger partial charge in [0.05, 0.1) is 20.8 Å². The van der Waals surface area contributed by atoms with E-state index >= 15 is 0 Å². The third-order valence-electron chi connectivity index (χ3n) is 3.43. The van der Waals surface area contributed by atoms with Crippen molar-refractivity contribution in [3.8, 4) is 17.2 Å². The SMILES string of the molecule is CCCCCCCCOc1c(OC)cc(C(=O)Cl)cc1OC. The van der Waals surface area contributed by atoms with Gasteiger partial charge in [-0.25, -0.2) is 0 Å². The smallest absolute Gasteiger partial charge is 0.252 e. The lowest BCUT2D eigenvalue weighted by Crippen LogP contribution is -2.03. The molecule has 1 rings (SSSR count). The average Bonchev–Trinajstić information content (AvgIpc) is 2.53. The second-order valence-corrected chi connectivity index (χ2v) is 5.44. The standard InChI is InChI=1S/C17H25ClO4/c1-4-5-6-7-8-9-10-22-16-14(20-2)11-13(17(18)19)12-15(16)21-3/h11-12H,4-10H2,1-3H3. The molecule has 0 heterocycles. The largest absolute Gasteiger partial charge is 0.493 e. The Labute approximate surface area is 137 Å².